The summed E-state index contributed by atoms with van der Waals surface area (Å²) in [5, 5.41) is 1.56. The Morgan fingerprint density at radius 1 is 0.621 bits per heavy atom. The Hall–Kier alpha value is -0.517. The normalized spacial score (nSPS) is 13.7. The first kappa shape index (κ1) is 28.5. The molecule has 0 aliphatic heterocycles. The molecule has 2 unspecified atom stereocenters. The predicted molar refractivity (Wildman–Crippen MR) is 124 cm³/mol. The molecular formula is C24H48GeO4. The standard InChI is InChI=1S/C24H48GeO4/c1-7-13-17-21(11-5)23(26)28-25(19-15-9-3,20-16-10-4)29-24(27)22(12-6)18-14-8-2/h21-22H,7-20H2,1-6H3. The average Bonchev–Trinajstić information content (AvgIpc) is 2.71. The summed E-state index contributed by atoms with van der Waals surface area (Å²) in [7, 11) is 0. The second-order valence-electron chi connectivity index (χ2n) is 8.45. The molecule has 0 saturated carbocycles. The van der Waals surface area contributed by atoms with Gasteiger partial charge in [0.25, 0.3) is 0 Å². The maximum atomic E-state index is 13.0. The molecule has 0 fully saturated rings. The SMILES string of the molecule is CCCCC(CC)C(=O)[O][Ge]([CH2]CCC)([CH2]CCC)[O]C(=O)C(CC)CCCC. The third-order valence-electron chi connectivity index (χ3n) is 5.86. The van der Waals surface area contributed by atoms with Crippen molar-refractivity contribution >= 4 is 25.9 Å². The number of carbonyl (C=O) groups excluding carboxylic acids is 2. The summed E-state index contributed by atoms with van der Waals surface area (Å²) in [5.74, 6) is -0.349. The molecule has 2 atom stereocenters. The number of hydrogen-bond donors (Lipinski definition) is 0. The van der Waals surface area contributed by atoms with E-state index in [9.17, 15) is 9.59 Å². The van der Waals surface area contributed by atoms with Gasteiger partial charge < -0.3 is 0 Å². The van der Waals surface area contributed by atoms with Crippen LogP contribution in [0, 0.1) is 11.8 Å². The van der Waals surface area contributed by atoms with Gasteiger partial charge in [0.2, 0.25) is 0 Å². The summed E-state index contributed by atoms with van der Waals surface area (Å²) in [5.41, 5.74) is 0. The van der Waals surface area contributed by atoms with Gasteiger partial charge in [-0.15, -0.1) is 0 Å². The van der Waals surface area contributed by atoms with Crippen LogP contribution in [-0.2, 0) is 17.1 Å². The van der Waals surface area contributed by atoms with Crippen LogP contribution in [0.2, 0.25) is 10.5 Å². The quantitative estimate of drug-likeness (QED) is 0.193. The van der Waals surface area contributed by atoms with Crippen molar-refractivity contribution < 1.29 is 17.1 Å². The van der Waals surface area contributed by atoms with Crippen molar-refractivity contribution in [3.8, 4) is 0 Å². The van der Waals surface area contributed by atoms with Crippen LogP contribution >= 0.6 is 0 Å². The van der Waals surface area contributed by atoms with E-state index < -0.39 is 13.9 Å². The topological polar surface area (TPSA) is 52.6 Å². The van der Waals surface area contributed by atoms with E-state index in [1.165, 1.54) is 0 Å². The van der Waals surface area contributed by atoms with E-state index in [0.717, 1.165) is 87.6 Å². The fourth-order valence-corrected chi connectivity index (χ4v) is 11.1. The van der Waals surface area contributed by atoms with Crippen LogP contribution in [0.5, 0.6) is 0 Å². The Bertz CT molecular complexity index is 399. The van der Waals surface area contributed by atoms with Crippen LogP contribution in [0.15, 0.2) is 0 Å². The molecule has 5 heteroatoms. The molecule has 0 saturated heterocycles. The molecule has 0 rings (SSSR count). The molecule has 0 radical (unpaired) electrons. The molecule has 0 aromatic rings. The van der Waals surface area contributed by atoms with Gasteiger partial charge in [-0.05, 0) is 0 Å². The Morgan fingerprint density at radius 3 is 1.24 bits per heavy atom. The third kappa shape index (κ3) is 11.4. The number of carbonyl (C=O) groups is 2. The van der Waals surface area contributed by atoms with Crippen molar-refractivity contribution in [2.45, 2.75) is 129 Å². The zero-order valence-corrected chi connectivity index (χ0v) is 22.3. The second-order valence-corrected chi connectivity index (χ2v) is 15.2. The summed E-state index contributed by atoms with van der Waals surface area (Å²) in [6.45, 7) is 12.7. The van der Waals surface area contributed by atoms with E-state index in [1.54, 1.807) is 0 Å². The van der Waals surface area contributed by atoms with Crippen molar-refractivity contribution in [1.29, 1.82) is 0 Å². The average molecular weight is 473 g/mol. The van der Waals surface area contributed by atoms with Crippen molar-refractivity contribution in [1.82, 2.24) is 0 Å². The Labute approximate surface area is 183 Å². The van der Waals surface area contributed by atoms with E-state index in [0.29, 0.717) is 0 Å². The van der Waals surface area contributed by atoms with E-state index in [1.807, 2.05) is 0 Å². The summed E-state index contributed by atoms with van der Waals surface area (Å²) in [4.78, 5) is 26.1. The van der Waals surface area contributed by atoms with Crippen LogP contribution in [0.1, 0.15) is 119 Å². The monoisotopic (exact) mass is 474 g/mol. The van der Waals surface area contributed by atoms with Crippen LogP contribution in [0.4, 0.5) is 0 Å². The zero-order valence-electron chi connectivity index (χ0n) is 20.2. The molecule has 0 amide bonds. The molecular weight excluding hydrogens is 425 g/mol. The Morgan fingerprint density at radius 2 is 0.966 bits per heavy atom. The van der Waals surface area contributed by atoms with Crippen molar-refractivity contribution in [3.05, 3.63) is 0 Å². The molecule has 4 nitrogen and oxygen atoms in total. The van der Waals surface area contributed by atoms with E-state index in [2.05, 4.69) is 41.5 Å². The first-order chi connectivity index (χ1) is 13.9. The third-order valence-corrected chi connectivity index (χ3v) is 12.9. The molecule has 172 valence electrons. The van der Waals surface area contributed by atoms with Crippen LogP contribution < -0.4 is 0 Å². The van der Waals surface area contributed by atoms with Crippen molar-refractivity contribution in [3.63, 3.8) is 0 Å². The Kier molecular flexibility index (Phi) is 16.9. The predicted octanol–water partition coefficient (Wildman–Crippen LogP) is 7.55. The first-order valence-electron chi connectivity index (χ1n) is 12.4. The van der Waals surface area contributed by atoms with Crippen LogP contribution in [0.25, 0.3) is 0 Å². The summed E-state index contributed by atoms with van der Waals surface area (Å²) >= 11 is -3.53. The molecule has 0 aromatic heterocycles. The van der Waals surface area contributed by atoms with E-state index >= 15 is 0 Å². The molecule has 0 aliphatic rings. The fraction of sp³-hybridized carbons (Fsp3) is 0.917. The van der Waals surface area contributed by atoms with Gasteiger partial charge in [-0.3, -0.25) is 0 Å². The summed E-state index contributed by atoms with van der Waals surface area (Å²) < 4.78 is 12.5. The van der Waals surface area contributed by atoms with Gasteiger partial charge in [0.15, 0.2) is 0 Å². The van der Waals surface area contributed by atoms with Gasteiger partial charge in [0, 0.05) is 0 Å². The summed E-state index contributed by atoms with van der Waals surface area (Å²) in [6.07, 6.45) is 11.5. The van der Waals surface area contributed by atoms with Gasteiger partial charge in [-0.1, -0.05) is 0 Å². The van der Waals surface area contributed by atoms with Crippen LogP contribution in [-0.4, -0.2) is 25.9 Å². The Balaban J connectivity index is 5.53. The number of unbranched alkanes of at least 4 members (excludes halogenated alkanes) is 4. The number of hydrogen-bond acceptors (Lipinski definition) is 4. The molecule has 0 N–H and O–H groups in total. The minimum atomic E-state index is -3.53. The minimum absolute atomic E-state index is 0.0658. The molecule has 0 bridgehead atoms. The van der Waals surface area contributed by atoms with Gasteiger partial charge in [0.1, 0.15) is 0 Å². The summed E-state index contributed by atoms with van der Waals surface area (Å²) in [6, 6.07) is 0. The second kappa shape index (κ2) is 17.2. The van der Waals surface area contributed by atoms with Gasteiger partial charge in [-0.2, -0.15) is 0 Å². The van der Waals surface area contributed by atoms with Gasteiger partial charge >= 0.3 is 184 Å². The maximum absolute atomic E-state index is 13.0. The molecule has 0 spiro atoms. The van der Waals surface area contributed by atoms with Crippen molar-refractivity contribution in [2.24, 2.45) is 11.8 Å². The fourth-order valence-electron chi connectivity index (χ4n) is 3.65. The van der Waals surface area contributed by atoms with E-state index in [-0.39, 0.29) is 23.8 Å². The van der Waals surface area contributed by atoms with E-state index in [4.69, 9.17) is 7.53 Å². The molecule has 0 aromatic carbocycles. The van der Waals surface area contributed by atoms with Crippen molar-refractivity contribution in [2.75, 3.05) is 0 Å². The van der Waals surface area contributed by atoms with Gasteiger partial charge in [-0.25, -0.2) is 0 Å². The molecule has 0 aliphatic carbocycles. The zero-order chi connectivity index (χ0) is 22.1. The first-order valence-corrected chi connectivity index (χ1v) is 17.1. The van der Waals surface area contributed by atoms with Crippen LogP contribution in [0.3, 0.4) is 0 Å². The number of rotatable bonds is 18. The molecule has 29 heavy (non-hydrogen) atoms. The van der Waals surface area contributed by atoms with Gasteiger partial charge in [0.05, 0.1) is 0 Å². The molecule has 0 heterocycles.